The molecule has 2 heterocycles. The van der Waals surface area contributed by atoms with E-state index in [9.17, 15) is 4.79 Å². The fraction of sp³-hybridized carbons (Fsp3) is 0.0667. The summed E-state index contributed by atoms with van der Waals surface area (Å²) in [5.41, 5.74) is 1.54. The van der Waals surface area contributed by atoms with Crippen molar-refractivity contribution >= 4 is 38.6 Å². The fourth-order valence-corrected chi connectivity index (χ4v) is 2.25. The van der Waals surface area contributed by atoms with Gasteiger partial charge < -0.3 is 9.73 Å². The summed E-state index contributed by atoms with van der Waals surface area (Å²) in [6, 6.07) is 11.1. The van der Waals surface area contributed by atoms with E-state index in [1.165, 1.54) is 0 Å². The maximum absolute atomic E-state index is 12.2. The topological polar surface area (TPSA) is 55.1 Å². The molecule has 3 aromatic rings. The molecule has 1 amide bonds. The van der Waals surface area contributed by atoms with Crippen molar-refractivity contribution in [2.24, 2.45) is 0 Å². The van der Waals surface area contributed by atoms with Gasteiger partial charge in [0.25, 0.3) is 5.91 Å². The van der Waals surface area contributed by atoms with Crippen molar-refractivity contribution in [3.05, 3.63) is 58.4 Å². The van der Waals surface area contributed by atoms with Gasteiger partial charge in [-0.25, -0.2) is 4.98 Å². The molecule has 0 aliphatic rings. The smallest absolute Gasteiger partial charge is 0.292 e. The number of para-hydroxylation sites is 1. The van der Waals surface area contributed by atoms with E-state index in [0.717, 1.165) is 15.4 Å². The molecule has 3 rings (SSSR count). The Balaban J connectivity index is 1.92. The van der Waals surface area contributed by atoms with E-state index < -0.39 is 0 Å². The quantitative estimate of drug-likeness (QED) is 0.767. The minimum absolute atomic E-state index is 0.298. The van der Waals surface area contributed by atoms with Gasteiger partial charge in [-0.3, -0.25) is 4.79 Å². The number of amides is 1. The molecule has 0 aliphatic carbocycles. The lowest BCUT2D eigenvalue weighted by molar-refractivity contribution is 0.0997. The maximum Gasteiger partial charge on any atom is 0.292 e. The highest BCUT2D eigenvalue weighted by molar-refractivity contribution is 9.10. The molecular formula is C15H11BrN2O2. The number of hydrogen-bond acceptors (Lipinski definition) is 3. The maximum atomic E-state index is 12.2. The molecule has 0 fully saturated rings. The highest BCUT2D eigenvalue weighted by atomic mass is 79.9. The number of carbonyl (C=O) groups is 1. The van der Waals surface area contributed by atoms with Crippen LogP contribution < -0.4 is 5.32 Å². The van der Waals surface area contributed by atoms with Crippen LogP contribution in [0, 0.1) is 6.92 Å². The number of aryl methyl sites for hydroxylation is 1. The van der Waals surface area contributed by atoms with Crippen LogP contribution in [-0.4, -0.2) is 10.9 Å². The number of carbonyl (C=O) groups excluding carboxylic acids is 1. The molecule has 5 heteroatoms. The number of hydrogen-bond donors (Lipinski definition) is 1. The minimum atomic E-state index is -0.298. The number of furan rings is 1. The summed E-state index contributed by atoms with van der Waals surface area (Å²) in [4.78, 5) is 16.3. The Bertz CT molecular complexity index is 778. The van der Waals surface area contributed by atoms with Crippen molar-refractivity contribution in [2.75, 3.05) is 5.32 Å². The monoisotopic (exact) mass is 330 g/mol. The number of fused-ring (bicyclic) bond motifs is 1. The van der Waals surface area contributed by atoms with E-state index in [-0.39, 0.29) is 5.91 Å². The van der Waals surface area contributed by atoms with Crippen molar-refractivity contribution in [1.29, 1.82) is 0 Å². The average molecular weight is 331 g/mol. The Hall–Kier alpha value is -2.14. The van der Waals surface area contributed by atoms with Crippen LogP contribution in [0.15, 0.2) is 51.5 Å². The van der Waals surface area contributed by atoms with Crippen molar-refractivity contribution in [2.45, 2.75) is 6.92 Å². The third kappa shape index (κ3) is 2.32. The Labute approximate surface area is 123 Å². The Morgan fingerprint density at radius 1 is 1.25 bits per heavy atom. The van der Waals surface area contributed by atoms with Gasteiger partial charge in [0.15, 0.2) is 5.76 Å². The standard InChI is InChI=1S/C15H11BrN2O2/c1-9-11-4-2-3-5-12(11)20-14(9)15(19)18-13-7-6-10(16)8-17-13/h2-8H,1H3,(H,17,18,19). The van der Waals surface area contributed by atoms with Crippen molar-refractivity contribution in [3.8, 4) is 0 Å². The van der Waals surface area contributed by atoms with Crippen LogP contribution in [0.3, 0.4) is 0 Å². The van der Waals surface area contributed by atoms with Gasteiger partial charge in [-0.1, -0.05) is 18.2 Å². The highest BCUT2D eigenvalue weighted by Crippen LogP contribution is 2.25. The average Bonchev–Trinajstić information content (AvgIpc) is 2.79. The van der Waals surface area contributed by atoms with E-state index in [2.05, 4.69) is 26.2 Å². The summed E-state index contributed by atoms with van der Waals surface area (Å²) in [5, 5.41) is 3.67. The molecule has 0 saturated carbocycles. The van der Waals surface area contributed by atoms with Crippen molar-refractivity contribution < 1.29 is 9.21 Å². The lowest BCUT2D eigenvalue weighted by Crippen LogP contribution is -2.13. The summed E-state index contributed by atoms with van der Waals surface area (Å²) < 4.78 is 6.46. The molecule has 1 N–H and O–H groups in total. The van der Waals surface area contributed by atoms with E-state index in [4.69, 9.17) is 4.42 Å². The molecule has 0 spiro atoms. The molecule has 0 bridgehead atoms. The predicted octanol–water partition coefficient (Wildman–Crippen LogP) is 4.15. The molecule has 0 unspecified atom stereocenters. The van der Waals surface area contributed by atoms with Gasteiger partial charge in [0.1, 0.15) is 11.4 Å². The van der Waals surface area contributed by atoms with Crippen LogP contribution in [0.5, 0.6) is 0 Å². The molecule has 100 valence electrons. The number of halogens is 1. The van der Waals surface area contributed by atoms with Crippen LogP contribution in [-0.2, 0) is 0 Å². The summed E-state index contributed by atoms with van der Waals surface area (Å²) in [6.07, 6.45) is 1.63. The van der Waals surface area contributed by atoms with Crippen LogP contribution in [0.25, 0.3) is 11.0 Å². The summed E-state index contributed by atoms with van der Waals surface area (Å²) in [5.74, 6) is 0.502. The van der Waals surface area contributed by atoms with E-state index in [0.29, 0.717) is 17.2 Å². The Kier molecular flexibility index (Phi) is 3.28. The zero-order chi connectivity index (χ0) is 14.1. The van der Waals surface area contributed by atoms with Gasteiger partial charge in [-0.15, -0.1) is 0 Å². The first kappa shape index (κ1) is 12.9. The molecule has 1 aromatic carbocycles. The first-order valence-electron chi connectivity index (χ1n) is 6.06. The van der Waals surface area contributed by atoms with Gasteiger partial charge in [0.2, 0.25) is 0 Å². The van der Waals surface area contributed by atoms with Gasteiger partial charge in [-0.2, -0.15) is 0 Å². The molecule has 4 nitrogen and oxygen atoms in total. The van der Waals surface area contributed by atoms with E-state index >= 15 is 0 Å². The van der Waals surface area contributed by atoms with Crippen molar-refractivity contribution in [3.63, 3.8) is 0 Å². The van der Waals surface area contributed by atoms with Crippen LogP contribution >= 0.6 is 15.9 Å². The summed E-state index contributed by atoms with van der Waals surface area (Å²) >= 11 is 3.30. The SMILES string of the molecule is Cc1c(C(=O)Nc2ccc(Br)cn2)oc2ccccc12. The lowest BCUT2D eigenvalue weighted by Gasteiger charge is -2.02. The summed E-state index contributed by atoms with van der Waals surface area (Å²) in [6.45, 7) is 1.87. The number of anilines is 1. The third-order valence-corrected chi connectivity index (χ3v) is 3.49. The zero-order valence-electron chi connectivity index (χ0n) is 10.7. The minimum Gasteiger partial charge on any atom is -0.451 e. The lowest BCUT2D eigenvalue weighted by atomic mass is 10.1. The van der Waals surface area contributed by atoms with Crippen molar-refractivity contribution in [1.82, 2.24) is 4.98 Å². The predicted molar refractivity (Wildman–Crippen MR) is 80.8 cm³/mol. The number of benzene rings is 1. The number of nitrogens with one attached hydrogen (secondary N) is 1. The number of nitrogens with zero attached hydrogens (tertiary/aromatic N) is 1. The van der Waals surface area contributed by atoms with Crippen LogP contribution in [0.1, 0.15) is 16.1 Å². The fourth-order valence-electron chi connectivity index (χ4n) is 2.01. The number of pyridine rings is 1. The largest absolute Gasteiger partial charge is 0.451 e. The first-order chi connectivity index (χ1) is 9.65. The van der Waals surface area contributed by atoms with Crippen LogP contribution in [0.4, 0.5) is 5.82 Å². The van der Waals surface area contributed by atoms with E-state index in [1.807, 2.05) is 37.3 Å². The zero-order valence-corrected chi connectivity index (χ0v) is 12.3. The van der Waals surface area contributed by atoms with Gasteiger partial charge in [-0.05, 0) is 41.1 Å². The Morgan fingerprint density at radius 2 is 2.05 bits per heavy atom. The molecular weight excluding hydrogens is 320 g/mol. The molecule has 20 heavy (non-hydrogen) atoms. The molecule has 0 aliphatic heterocycles. The van der Waals surface area contributed by atoms with Gasteiger partial charge in [0.05, 0.1) is 0 Å². The first-order valence-corrected chi connectivity index (χ1v) is 6.85. The van der Waals surface area contributed by atoms with Crippen LogP contribution in [0.2, 0.25) is 0 Å². The molecule has 0 radical (unpaired) electrons. The third-order valence-electron chi connectivity index (χ3n) is 3.02. The van der Waals surface area contributed by atoms with Gasteiger partial charge in [0, 0.05) is 21.6 Å². The van der Waals surface area contributed by atoms with Gasteiger partial charge >= 0.3 is 0 Å². The second-order valence-corrected chi connectivity index (χ2v) is 5.28. The molecule has 0 saturated heterocycles. The Morgan fingerprint density at radius 3 is 2.75 bits per heavy atom. The number of rotatable bonds is 2. The highest BCUT2D eigenvalue weighted by Gasteiger charge is 2.17. The number of aromatic nitrogens is 1. The normalized spacial score (nSPS) is 10.7. The molecule has 0 atom stereocenters. The molecule has 2 aromatic heterocycles. The van der Waals surface area contributed by atoms with E-state index in [1.54, 1.807) is 12.3 Å². The second-order valence-electron chi connectivity index (χ2n) is 4.37. The summed E-state index contributed by atoms with van der Waals surface area (Å²) in [7, 11) is 0. The second kappa shape index (κ2) is 5.09.